The third-order valence-electron chi connectivity index (χ3n) is 7.05. The average Bonchev–Trinajstić information content (AvgIpc) is 3.77. The van der Waals surface area contributed by atoms with E-state index in [0.29, 0.717) is 34.4 Å². The molecule has 214 valence electrons. The minimum Gasteiger partial charge on any atom is -0.447 e. The molecular weight excluding hydrogens is 560 g/mol. The number of ether oxygens (including phenoxy) is 1. The number of nitrogens with one attached hydrogen (secondary N) is 1. The van der Waals surface area contributed by atoms with Crippen LogP contribution in [-0.2, 0) is 11.2 Å². The largest absolute Gasteiger partial charge is 0.447 e. The number of H-pyrrole nitrogens is 1. The third-order valence-corrected chi connectivity index (χ3v) is 7.28. The fourth-order valence-corrected chi connectivity index (χ4v) is 5.23. The van der Waals surface area contributed by atoms with E-state index < -0.39 is 6.09 Å². The van der Waals surface area contributed by atoms with Crippen LogP contribution < -0.4 is 10.6 Å². The van der Waals surface area contributed by atoms with Gasteiger partial charge in [0.1, 0.15) is 12.2 Å². The van der Waals surface area contributed by atoms with Crippen molar-refractivity contribution in [3.8, 4) is 28.1 Å². The molecule has 0 saturated heterocycles. The number of nitrogens with zero attached hydrogens (tertiary/aromatic N) is 7. The van der Waals surface area contributed by atoms with Crippen molar-refractivity contribution in [3.05, 3.63) is 94.0 Å². The van der Waals surface area contributed by atoms with Crippen LogP contribution in [-0.4, -0.2) is 52.6 Å². The second kappa shape index (κ2) is 11.2. The van der Waals surface area contributed by atoms with Gasteiger partial charge in [0.2, 0.25) is 0 Å². The molecule has 0 spiro atoms. The van der Waals surface area contributed by atoms with Crippen molar-refractivity contribution in [1.82, 2.24) is 34.7 Å². The van der Waals surface area contributed by atoms with E-state index in [1.54, 1.807) is 53.2 Å². The highest BCUT2D eigenvalue weighted by Gasteiger charge is 2.28. The zero-order chi connectivity index (χ0) is 29.4. The van der Waals surface area contributed by atoms with E-state index >= 15 is 0 Å². The van der Waals surface area contributed by atoms with Crippen molar-refractivity contribution in [3.63, 3.8) is 0 Å². The van der Waals surface area contributed by atoms with E-state index in [4.69, 9.17) is 16.3 Å². The lowest BCUT2D eigenvalue weighted by Gasteiger charge is -2.16. The maximum Gasteiger partial charge on any atom is 0.438 e. The summed E-state index contributed by atoms with van der Waals surface area (Å²) >= 11 is 6.31. The fourth-order valence-electron chi connectivity index (χ4n) is 5.06. The summed E-state index contributed by atoms with van der Waals surface area (Å²) in [6.45, 7) is 4.04. The molecule has 2 aromatic carbocycles. The number of hydroxylamine groups is 1. The van der Waals surface area contributed by atoms with Gasteiger partial charge in [-0.15, -0.1) is 5.10 Å². The van der Waals surface area contributed by atoms with Gasteiger partial charge in [-0.2, -0.15) is 9.75 Å². The Balaban J connectivity index is 1.24. The first-order valence-corrected chi connectivity index (χ1v) is 13.8. The first-order chi connectivity index (χ1) is 20.3. The average molecular weight is 587 g/mol. The van der Waals surface area contributed by atoms with Gasteiger partial charge in [0.15, 0.2) is 0 Å². The number of imidazole rings is 1. The standard InChI is InChI=1S/C29H27ClN8O4/c1-17(2)15-42-29(40)38(41)21-6-3-18(4-7-21)24-14-31-28(33-24)26-10-8-22-11-19(12-27(39)37(22)26)23-13-20(30)5-9-25(23)36-16-32-34-35-36/h3-7,9,11-14,16-17,26,41H,8,10,15H2,1-2H3,(H,31,33)/t26-/m0/s1. The van der Waals surface area contributed by atoms with Gasteiger partial charge in [-0.1, -0.05) is 37.6 Å². The molecule has 2 N–H and O–H groups in total. The fraction of sp³-hybridized carbons (Fsp3) is 0.241. The number of carbonyl (C=O) groups is 1. The Kier molecular flexibility index (Phi) is 7.31. The van der Waals surface area contributed by atoms with Crippen LogP contribution in [0.15, 0.2) is 71.9 Å². The number of carbonyl (C=O) groups excluding carboxylic acids is 1. The van der Waals surface area contributed by atoms with E-state index in [1.165, 1.54) is 11.0 Å². The molecule has 0 saturated carbocycles. The van der Waals surface area contributed by atoms with E-state index in [0.717, 1.165) is 28.1 Å². The molecule has 1 aliphatic rings. The van der Waals surface area contributed by atoms with Crippen molar-refractivity contribution in [2.75, 3.05) is 11.7 Å². The van der Waals surface area contributed by atoms with E-state index in [-0.39, 0.29) is 29.8 Å². The number of fused-ring (bicyclic) bond motifs is 1. The van der Waals surface area contributed by atoms with Crippen LogP contribution in [0.3, 0.4) is 0 Å². The first kappa shape index (κ1) is 27.4. The number of pyridine rings is 1. The van der Waals surface area contributed by atoms with Crippen LogP contribution in [0.2, 0.25) is 5.02 Å². The number of halogens is 1. The van der Waals surface area contributed by atoms with E-state index in [2.05, 4.69) is 25.5 Å². The summed E-state index contributed by atoms with van der Waals surface area (Å²) in [6.07, 6.45) is 3.76. The van der Waals surface area contributed by atoms with Crippen LogP contribution in [0.25, 0.3) is 28.1 Å². The molecule has 6 rings (SSSR count). The topological polar surface area (TPSA) is 144 Å². The summed E-state index contributed by atoms with van der Waals surface area (Å²) in [5.41, 5.74) is 4.75. The number of aromatic amines is 1. The molecule has 1 atom stereocenters. The number of hydrogen-bond donors (Lipinski definition) is 2. The minimum absolute atomic E-state index is 0.151. The molecule has 13 heteroatoms. The smallest absolute Gasteiger partial charge is 0.438 e. The number of amides is 1. The molecule has 0 bridgehead atoms. The second-order valence-corrected chi connectivity index (χ2v) is 10.9. The van der Waals surface area contributed by atoms with Gasteiger partial charge in [-0.05, 0) is 76.7 Å². The number of anilines is 1. The highest BCUT2D eigenvalue weighted by molar-refractivity contribution is 6.31. The monoisotopic (exact) mass is 586 g/mol. The van der Waals surface area contributed by atoms with E-state index in [1.807, 2.05) is 26.0 Å². The maximum absolute atomic E-state index is 13.5. The van der Waals surface area contributed by atoms with Crippen molar-refractivity contribution >= 4 is 23.4 Å². The quantitative estimate of drug-likeness (QED) is 0.199. The minimum atomic E-state index is -0.837. The maximum atomic E-state index is 13.5. The summed E-state index contributed by atoms with van der Waals surface area (Å²) in [5, 5.41) is 22.6. The van der Waals surface area contributed by atoms with E-state index in [9.17, 15) is 14.8 Å². The molecule has 5 aromatic rings. The van der Waals surface area contributed by atoms with Crippen molar-refractivity contribution in [2.45, 2.75) is 32.7 Å². The molecule has 0 unspecified atom stereocenters. The van der Waals surface area contributed by atoms with Crippen LogP contribution in [0.4, 0.5) is 10.5 Å². The number of aryl methyl sites for hydroxylation is 1. The molecule has 0 radical (unpaired) electrons. The lowest BCUT2D eigenvalue weighted by Crippen LogP contribution is -2.28. The second-order valence-electron chi connectivity index (χ2n) is 10.4. The van der Waals surface area contributed by atoms with Gasteiger partial charge in [0.25, 0.3) is 5.56 Å². The summed E-state index contributed by atoms with van der Waals surface area (Å²) in [4.78, 5) is 33.5. The van der Waals surface area contributed by atoms with Crippen LogP contribution in [0, 0.1) is 5.92 Å². The van der Waals surface area contributed by atoms with Crippen LogP contribution in [0.5, 0.6) is 0 Å². The molecule has 1 amide bonds. The molecule has 0 fully saturated rings. The van der Waals surface area contributed by atoms with Crippen molar-refractivity contribution in [1.29, 1.82) is 0 Å². The normalized spacial score (nSPS) is 14.3. The number of benzene rings is 2. The van der Waals surface area contributed by atoms with Crippen LogP contribution in [0.1, 0.15) is 37.8 Å². The number of hydrogen-bond acceptors (Lipinski definition) is 8. The predicted octanol–water partition coefficient (Wildman–Crippen LogP) is 5.06. The summed E-state index contributed by atoms with van der Waals surface area (Å²) < 4.78 is 8.37. The molecule has 42 heavy (non-hydrogen) atoms. The third kappa shape index (κ3) is 5.29. The molecule has 3 aromatic heterocycles. The zero-order valence-corrected chi connectivity index (χ0v) is 23.6. The predicted molar refractivity (Wildman–Crippen MR) is 155 cm³/mol. The SMILES string of the molecule is CC(C)COC(=O)N(O)c1ccc(-c2cnc([C@@H]3CCc4cc(-c5cc(Cl)ccc5-n5cnnn5)cc(=O)n43)[nH]2)cc1. The van der Waals surface area contributed by atoms with Gasteiger partial charge in [0, 0.05) is 22.3 Å². The summed E-state index contributed by atoms with van der Waals surface area (Å²) in [5.74, 6) is 0.823. The summed E-state index contributed by atoms with van der Waals surface area (Å²) in [7, 11) is 0. The van der Waals surface area contributed by atoms with Gasteiger partial charge >= 0.3 is 6.09 Å². The lowest BCUT2D eigenvalue weighted by atomic mass is 10.0. The molecule has 4 heterocycles. The lowest BCUT2D eigenvalue weighted by molar-refractivity contribution is 0.110. The van der Waals surface area contributed by atoms with Crippen molar-refractivity contribution in [2.24, 2.45) is 5.92 Å². The molecule has 0 aliphatic carbocycles. The Morgan fingerprint density at radius 3 is 2.71 bits per heavy atom. The Bertz CT molecular complexity index is 1800. The Morgan fingerprint density at radius 1 is 1.17 bits per heavy atom. The molecule has 1 aliphatic heterocycles. The van der Waals surface area contributed by atoms with Crippen LogP contribution >= 0.6 is 11.6 Å². The zero-order valence-electron chi connectivity index (χ0n) is 22.8. The van der Waals surface area contributed by atoms with Gasteiger partial charge in [0.05, 0.1) is 35.9 Å². The summed E-state index contributed by atoms with van der Waals surface area (Å²) in [6, 6.07) is 15.5. The van der Waals surface area contributed by atoms with Gasteiger partial charge in [-0.25, -0.2) is 9.78 Å². The van der Waals surface area contributed by atoms with Crippen molar-refractivity contribution < 1.29 is 14.7 Å². The highest BCUT2D eigenvalue weighted by Crippen LogP contribution is 2.34. The number of rotatable bonds is 7. The number of tetrazole rings is 1. The van der Waals surface area contributed by atoms with Gasteiger partial charge in [-0.3, -0.25) is 10.0 Å². The Labute approximate surface area is 245 Å². The number of aromatic nitrogens is 7. The Hall–Kier alpha value is -4.81. The molecule has 12 nitrogen and oxygen atoms in total. The van der Waals surface area contributed by atoms with Gasteiger partial charge < -0.3 is 14.3 Å². The highest BCUT2D eigenvalue weighted by atomic mass is 35.5. The first-order valence-electron chi connectivity index (χ1n) is 13.4. The molecular formula is C29H27ClN8O4. The Morgan fingerprint density at radius 2 is 1.98 bits per heavy atom.